The third-order valence-corrected chi connectivity index (χ3v) is 0.752. The molecule has 0 saturated heterocycles. The quantitative estimate of drug-likeness (QED) is 0.399. The first-order chi connectivity index (χ1) is 3.93. The SMILES string of the molecule is N#[N+]c1ccccn1.[F-]. The predicted molar refractivity (Wildman–Crippen MR) is 29.0 cm³/mol. The van der Waals surface area contributed by atoms with E-state index < -0.39 is 0 Å². The minimum Gasteiger partial charge on any atom is -1.00 e. The van der Waals surface area contributed by atoms with E-state index in [-0.39, 0.29) is 4.70 Å². The zero-order valence-corrected chi connectivity index (χ0v) is 4.53. The van der Waals surface area contributed by atoms with Gasteiger partial charge in [0.2, 0.25) is 0 Å². The van der Waals surface area contributed by atoms with Crippen molar-refractivity contribution >= 4 is 5.82 Å². The van der Waals surface area contributed by atoms with Gasteiger partial charge in [-0.1, -0.05) is 0 Å². The second kappa shape index (κ2) is 3.50. The molecular formula is C5H4FN3. The summed E-state index contributed by atoms with van der Waals surface area (Å²) in [6.45, 7) is 0. The summed E-state index contributed by atoms with van der Waals surface area (Å²) in [5.41, 5.74) is 0. The minimum atomic E-state index is 0. The monoisotopic (exact) mass is 125 g/mol. The average Bonchev–Trinajstić information content (AvgIpc) is 1.90. The molecule has 1 aromatic heterocycles. The summed E-state index contributed by atoms with van der Waals surface area (Å²) in [7, 11) is 0. The number of nitrogens with zero attached hydrogens (tertiary/aromatic N) is 3. The lowest BCUT2D eigenvalue weighted by molar-refractivity contribution is -0.00000194. The molecule has 1 aromatic rings. The molecule has 9 heavy (non-hydrogen) atoms. The molecule has 0 unspecified atom stereocenters. The van der Waals surface area contributed by atoms with Gasteiger partial charge in [0.05, 0.1) is 11.5 Å². The molecule has 0 fully saturated rings. The summed E-state index contributed by atoms with van der Waals surface area (Å²) in [6.07, 6.45) is 1.56. The van der Waals surface area contributed by atoms with Gasteiger partial charge >= 0.3 is 5.82 Å². The van der Waals surface area contributed by atoms with Crippen LogP contribution in [-0.4, -0.2) is 4.98 Å². The molecule has 4 heteroatoms. The number of hydrogen-bond acceptors (Lipinski definition) is 2. The molecule has 0 aromatic carbocycles. The van der Waals surface area contributed by atoms with Crippen LogP contribution in [0, 0.1) is 5.39 Å². The molecule has 0 saturated carbocycles. The van der Waals surface area contributed by atoms with E-state index in [9.17, 15) is 0 Å². The van der Waals surface area contributed by atoms with E-state index in [4.69, 9.17) is 5.39 Å². The van der Waals surface area contributed by atoms with Crippen LogP contribution >= 0.6 is 0 Å². The van der Waals surface area contributed by atoms with Crippen LogP contribution in [0.15, 0.2) is 24.4 Å². The minimum absolute atomic E-state index is 0. The maximum Gasteiger partial charge on any atom is 0.464 e. The largest absolute Gasteiger partial charge is 1.00 e. The second-order valence-electron chi connectivity index (χ2n) is 1.29. The van der Waals surface area contributed by atoms with Crippen LogP contribution < -0.4 is 4.70 Å². The zero-order valence-electron chi connectivity index (χ0n) is 4.53. The fourth-order valence-electron chi connectivity index (χ4n) is 0.413. The van der Waals surface area contributed by atoms with Gasteiger partial charge in [0.25, 0.3) is 0 Å². The zero-order chi connectivity index (χ0) is 5.82. The average molecular weight is 125 g/mol. The van der Waals surface area contributed by atoms with Gasteiger partial charge in [-0.25, -0.2) is 0 Å². The lowest BCUT2D eigenvalue weighted by Gasteiger charge is -1.66. The van der Waals surface area contributed by atoms with Crippen LogP contribution in [0.2, 0.25) is 0 Å². The highest BCUT2D eigenvalue weighted by molar-refractivity contribution is 5.32. The molecule has 0 aliphatic carbocycles. The van der Waals surface area contributed by atoms with Crippen LogP contribution in [-0.2, 0) is 0 Å². The van der Waals surface area contributed by atoms with Gasteiger partial charge in [-0.2, -0.15) is 0 Å². The highest BCUT2D eigenvalue weighted by Gasteiger charge is 1.97. The highest BCUT2D eigenvalue weighted by atomic mass is 19.0. The van der Waals surface area contributed by atoms with E-state index in [1.807, 2.05) is 0 Å². The Hall–Kier alpha value is -1.50. The van der Waals surface area contributed by atoms with Crippen molar-refractivity contribution in [3.8, 4) is 0 Å². The molecular weight excluding hydrogens is 121 g/mol. The van der Waals surface area contributed by atoms with Crippen molar-refractivity contribution in [3.63, 3.8) is 0 Å². The maximum atomic E-state index is 8.10. The van der Waals surface area contributed by atoms with Gasteiger partial charge in [-0.05, 0) is 17.1 Å². The predicted octanol–water partition coefficient (Wildman–Crippen LogP) is -1.43. The Morgan fingerprint density at radius 2 is 2.22 bits per heavy atom. The maximum absolute atomic E-state index is 8.10. The molecule has 3 nitrogen and oxygen atoms in total. The topological polar surface area (TPSA) is 41.0 Å². The lowest BCUT2D eigenvalue weighted by Crippen LogP contribution is -3.00. The number of diazo groups is 1. The Balaban J connectivity index is 0.000000640. The summed E-state index contributed by atoms with van der Waals surface area (Å²) in [6, 6.07) is 5.12. The van der Waals surface area contributed by atoms with Gasteiger partial charge in [0.15, 0.2) is 0 Å². The number of pyridine rings is 1. The first-order valence-electron chi connectivity index (χ1n) is 2.19. The van der Waals surface area contributed by atoms with Gasteiger partial charge in [-0.3, -0.25) is 0 Å². The number of rotatable bonds is 0. The van der Waals surface area contributed by atoms with Crippen molar-refractivity contribution in [1.29, 1.82) is 5.39 Å². The molecule has 0 bridgehead atoms. The molecule has 0 spiro atoms. The Kier molecular flexibility index (Phi) is 2.91. The Morgan fingerprint density at radius 1 is 1.44 bits per heavy atom. The van der Waals surface area contributed by atoms with Crippen LogP contribution in [0.5, 0.6) is 0 Å². The van der Waals surface area contributed by atoms with E-state index in [1.165, 1.54) is 0 Å². The second-order valence-corrected chi connectivity index (χ2v) is 1.29. The molecule has 1 rings (SSSR count). The third kappa shape index (κ3) is 1.82. The van der Waals surface area contributed by atoms with E-state index >= 15 is 0 Å². The van der Waals surface area contributed by atoms with Crippen LogP contribution in [0.3, 0.4) is 0 Å². The van der Waals surface area contributed by atoms with Gasteiger partial charge in [0, 0.05) is 4.98 Å². The van der Waals surface area contributed by atoms with E-state index in [1.54, 1.807) is 24.4 Å². The van der Waals surface area contributed by atoms with Crippen molar-refractivity contribution in [2.45, 2.75) is 0 Å². The molecule has 0 N–H and O–H groups in total. The molecule has 0 atom stereocenters. The molecule has 46 valence electrons. The summed E-state index contributed by atoms with van der Waals surface area (Å²) in [5.74, 6) is 0.340. The van der Waals surface area contributed by atoms with Gasteiger partial charge in [-0.15, -0.1) is 0 Å². The lowest BCUT2D eigenvalue weighted by atomic mass is 10.5. The normalized spacial score (nSPS) is 7.00. The Labute approximate surface area is 51.3 Å². The first kappa shape index (κ1) is 7.50. The fraction of sp³-hybridized carbons (Fsp3) is 0. The Bertz CT molecular complexity index is 203. The summed E-state index contributed by atoms with van der Waals surface area (Å²) in [4.78, 5) is 6.54. The number of hydrogen-bond donors (Lipinski definition) is 0. The van der Waals surface area contributed by atoms with Crippen LogP contribution in [0.4, 0.5) is 5.82 Å². The smallest absolute Gasteiger partial charge is 0.464 e. The summed E-state index contributed by atoms with van der Waals surface area (Å²) in [5, 5.41) is 8.10. The summed E-state index contributed by atoms with van der Waals surface area (Å²) < 4.78 is 0. The summed E-state index contributed by atoms with van der Waals surface area (Å²) >= 11 is 0. The van der Waals surface area contributed by atoms with Crippen molar-refractivity contribution in [2.75, 3.05) is 0 Å². The fourth-order valence-corrected chi connectivity index (χ4v) is 0.413. The van der Waals surface area contributed by atoms with Crippen molar-refractivity contribution < 1.29 is 4.70 Å². The first-order valence-corrected chi connectivity index (χ1v) is 2.19. The molecule has 0 amide bonds. The van der Waals surface area contributed by atoms with Gasteiger partial charge < -0.3 is 4.70 Å². The molecule has 1 heterocycles. The van der Waals surface area contributed by atoms with E-state index in [0.29, 0.717) is 5.82 Å². The molecule has 0 radical (unpaired) electrons. The molecule has 0 aliphatic heterocycles. The standard InChI is InChI=1S/C5H4N3.FH/c6-8-5-3-1-2-4-7-5;/h1-4H;1H/q+1;/p-1. The highest BCUT2D eigenvalue weighted by Crippen LogP contribution is 2.01. The van der Waals surface area contributed by atoms with Crippen LogP contribution in [0.1, 0.15) is 0 Å². The van der Waals surface area contributed by atoms with E-state index in [2.05, 4.69) is 9.96 Å². The van der Waals surface area contributed by atoms with Crippen molar-refractivity contribution in [2.24, 2.45) is 0 Å². The third-order valence-electron chi connectivity index (χ3n) is 0.752. The van der Waals surface area contributed by atoms with Crippen LogP contribution in [0.25, 0.3) is 4.98 Å². The number of aromatic nitrogens is 1. The number of halogens is 1. The van der Waals surface area contributed by atoms with E-state index in [0.717, 1.165) is 0 Å². The van der Waals surface area contributed by atoms with Gasteiger partial charge in [0.1, 0.15) is 6.20 Å². The Morgan fingerprint density at radius 3 is 2.56 bits per heavy atom. The van der Waals surface area contributed by atoms with Crippen molar-refractivity contribution in [3.05, 3.63) is 29.4 Å². The molecule has 0 aliphatic rings. The van der Waals surface area contributed by atoms with Crippen molar-refractivity contribution in [1.82, 2.24) is 4.98 Å².